The van der Waals surface area contributed by atoms with E-state index in [9.17, 15) is 13.2 Å². The first-order valence-electron chi connectivity index (χ1n) is 5.51. The zero-order valence-electron chi connectivity index (χ0n) is 10.3. The molecular weight excluding hydrogens is 398 g/mol. The van der Waals surface area contributed by atoms with Gasteiger partial charge in [0.1, 0.15) is 0 Å². The fraction of sp³-hybridized carbons (Fsp3) is 0.0769. The van der Waals surface area contributed by atoms with Gasteiger partial charge in [-0.05, 0) is 40.8 Å². The highest BCUT2D eigenvalue weighted by Gasteiger charge is 2.30. The number of hydrogen-bond acceptors (Lipinski definition) is 4. The summed E-state index contributed by atoms with van der Waals surface area (Å²) in [7, 11) is 0. The van der Waals surface area contributed by atoms with Crippen molar-refractivity contribution in [2.45, 2.75) is 6.18 Å². The molecule has 0 aliphatic heterocycles. The van der Waals surface area contributed by atoms with Gasteiger partial charge in [-0.3, -0.25) is 0 Å². The molecule has 0 saturated carbocycles. The highest BCUT2D eigenvalue weighted by molar-refractivity contribution is 14.1. The van der Waals surface area contributed by atoms with Gasteiger partial charge in [-0.2, -0.15) is 18.4 Å². The number of pyridine rings is 1. The number of ether oxygens (including phenoxy) is 1. The molecule has 0 aliphatic rings. The Balaban J connectivity index is 2.29. The molecule has 2 N–H and O–H groups in total. The summed E-state index contributed by atoms with van der Waals surface area (Å²) in [4.78, 5) is 3.60. The zero-order chi connectivity index (χ0) is 15.6. The number of alkyl halides is 3. The van der Waals surface area contributed by atoms with Gasteiger partial charge in [0.05, 0.1) is 26.5 Å². The number of hydrogen-bond donors (Lipinski definition) is 1. The van der Waals surface area contributed by atoms with E-state index in [1.54, 1.807) is 6.07 Å². The molecule has 1 aromatic carbocycles. The third-order valence-corrected chi connectivity index (χ3v) is 3.27. The van der Waals surface area contributed by atoms with Crippen LogP contribution >= 0.6 is 22.6 Å². The Morgan fingerprint density at radius 3 is 2.48 bits per heavy atom. The second kappa shape index (κ2) is 5.77. The molecule has 0 spiro atoms. The van der Waals surface area contributed by atoms with Crippen molar-refractivity contribution < 1.29 is 17.9 Å². The average molecular weight is 405 g/mol. The molecule has 1 aromatic heterocycles. The van der Waals surface area contributed by atoms with Crippen molar-refractivity contribution >= 4 is 28.3 Å². The first-order valence-corrected chi connectivity index (χ1v) is 6.59. The standard InChI is InChI=1S/C13H7F3IN3O/c14-13(15,16)8-1-2-11(20-6-8)21-12-9(17)3-7(5-18)4-10(12)19/h1-4,6H,19H2. The average Bonchev–Trinajstić information content (AvgIpc) is 2.42. The summed E-state index contributed by atoms with van der Waals surface area (Å²) in [5.41, 5.74) is 5.47. The topological polar surface area (TPSA) is 71.9 Å². The lowest BCUT2D eigenvalue weighted by molar-refractivity contribution is -0.137. The van der Waals surface area contributed by atoms with E-state index in [0.717, 1.165) is 12.1 Å². The summed E-state index contributed by atoms with van der Waals surface area (Å²) in [6.45, 7) is 0. The quantitative estimate of drug-likeness (QED) is 0.607. The molecule has 0 aliphatic carbocycles. The summed E-state index contributed by atoms with van der Waals surface area (Å²) in [5, 5.41) is 8.81. The maximum Gasteiger partial charge on any atom is 0.417 e. The lowest BCUT2D eigenvalue weighted by Crippen LogP contribution is -2.05. The fourth-order valence-corrected chi connectivity index (χ4v) is 2.26. The van der Waals surface area contributed by atoms with Crippen molar-refractivity contribution in [1.82, 2.24) is 4.98 Å². The van der Waals surface area contributed by atoms with E-state index in [0.29, 0.717) is 15.3 Å². The second-order valence-corrected chi connectivity index (χ2v) is 5.14. The number of nitrogen functional groups attached to an aromatic ring is 1. The van der Waals surface area contributed by atoms with Crippen molar-refractivity contribution in [3.05, 3.63) is 45.2 Å². The van der Waals surface area contributed by atoms with Crippen LogP contribution in [0.3, 0.4) is 0 Å². The Morgan fingerprint density at radius 2 is 2.00 bits per heavy atom. The molecule has 8 heteroatoms. The van der Waals surface area contributed by atoms with Crippen molar-refractivity contribution in [2.24, 2.45) is 0 Å². The molecule has 0 fully saturated rings. The van der Waals surface area contributed by atoms with Gasteiger partial charge in [0.2, 0.25) is 5.88 Å². The van der Waals surface area contributed by atoms with Crippen LogP contribution in [-0.4, -0.2) is 4.98 Å². The lowest BCUT2D eigenvalue weighted by atomic mass is 10.2. The summed E-state index contributed by atoms with van der Waals surface area (Å²) >= 11 is 1.92. The predicted octanol–water partition coefficient (Wildman–Crippen LogP) is 3.95. The Bertz CT molecular complexity index is 685. The Labute approximate surface area is 131 Å². The minimum Gasteiger partial charge on any atom is -0.436 e. The number of nitrogens with zero attached hydrogens (tertiary/aromatic N) is 2. The summed E-state index contributed by atoms with van der Waals surface area (Å²) < 4.78 is 43.2. The molecule has 0 bridgehead atoms. The molecule has 0 saturated heterocycles. The summed E-state index contributed by atoms with van der Waals surface area (Å²) in [6.07, 6.45) is -3.77. The number of anilines is 1. The highest BCUT2D eigenvalue weighted by Crippen LogP contribution is 2.34. The molecule has 0 atom stereocenters. The van der Waals surface area contributed by atoms with Crippen LogP contribution in [0.4, 0.5) is 18.9 Å². The van der Waals surface area contributed by atoms with Crippen molar-refractivity contribution in [1.29, 1.82) is 5.26 Å². The van der Waals surface area contributed by atoms with Gasteiger partial charge in [-0.1, -0.05) is 0 Å². The number of benzene rings is 1. The van der Waals surface area contributed by atoms with Crippen LogP contribution in [0.1, 0.15) is 11.1 Å². The third kappa shape index (κ3) is 3.55. The molecule has 108 valence electrons. The van der Waals surface area contributed by atoms with Crippen LogP contribution in [0.25, 0.3) is 0 Å². The van der Waals surface area contributed by atoms with Gasteiger partial charge in [0.25, 0.3) is 0 Å². The Kier molecular flexibility index (Phi) is 4.22. The van der Waals surface area contributed by atoms with Gasteiger partial charge in [0.15, 0.2) is 5.75 Å². The summed E-state index contributed by atoms with van der Waals surface area (Å²) in [6, 6.07) is 6.89. The molecule has 0 unspecified atom stereocenters. The van der Waals surface area contributed by atoms with Crippen LogP contribution in [0.2, 0.25) is 0 Å². The van der Waals surface area contributed by atoms with Crippen molar-refractivity contribution in [3.8, 4) is 17.7 Å². The van der Waals surface area contributed by atoms with Gasteiger partial charge < -0.3 is 10.5 Å². The molecule has 2 aromatic rings. The highest BCUT2D eigenvalue weighted by atomic mass is 127. The molecule has 2 rings (SSSR count). The van der Waals surface area contributed by atoms with Crippen molar-refractivity contribution in [2.75, 3.05) is 5.73 Å². The van der Waals surface area contributed by atoms with Gasteiger partial charge in [-0.25, -0.2) is 4.98 Å². The van der Waals surface area contributed by atoms with E-state index in [2.05, 4.69) is 4.98 Å². The first kappa shape index (κ1) is 15.4. The Hall–Kier alpha value is -2.02. The minimum atomic E-state index is -4.45. The summed E-state index contributed by atoms with van der Waals surface area (Å²) in [5.74, 6) is 0.235. The minimum absolute atomic E-state index is 0.0164. The van der Waals surface area contributed by atoms with E-state index < -0.39 is 11.7 Å². The Morgan fingerprint density at radius 1 is 1.29 bits per heavy atom. The van der Waals surface area contributed by atoms with Gasteiger partial charge >= 0.3 is 6.18 Å². The zero-order valence-corrected chi connectivity index (χ0v) is 12.4. The van der Waals surface area contributed by atoms with Crippen LogP contribution in [0.5, 0.6) is 11.6 Å². The maximum atomic E-state index is 12.4. The largest absolute Gasteiger partial charge is 0.436 e. The van der Waals surface area contributed by atoms with Crippen LogP contribution in [-0.2, 0) is 6.18 Å². The van der Waals surface area contributed by atoms with E-state index in [4.69, 9.17) is 15.7 Å². The van der Waals surface area contributed by atoms with Crippen molar-refractivity contribution in [3.63, 3.8) is 0 Å². The van der Waals surface area contributed by atoms with E-state index >= 15 is 0 Å². The molecule has 4 nitrogen and oxygen atoms in total. The number of rotatable bonds is 2. The smallest absolute Gasteiger partial charge is 0.417 e. The maximum absolute atomic E-state index is 12.4. The number of nitriles is 1. The molecule has 21 heavy (non-hydrogen) atoms. The molecule has 1 heterocycles. The normalized spacial score (nSPS) is 11.0. The monoisotopic (exact) mass is 405 g/mol. The second-order valence-electron chi connectivity index (χ2n) is 3.97. The SMILES string of the molecule is N#Cc1cc(N)c(Oc2ccc(C(F)(F)F)cn2)c(I)c1. The predicted molar refractivity (Wildman–Crippen MR) is 77.6 cm³/mol. The lowest BCUT2D eigenvalue weighted by Gasteiger charge is -2.11. The molecule has 0 radical (unpaired) electrons. The van der Waals surface area contributed by atoms with Gasteiger partial charge in [-0.15, -0.1) is 0 Å². The molecular formula is C13H7F3IN3O. The number of halogens is 4. The van der Waals surface area contributed by atoms with E-state index in [1.165, 1.54) is 6.07 Å². The first-order chi connectivity index (χ1) is 9.81. The third-order valence-electron chi connectivity index (χ3n) is 2.47. The van der Waals surface area contributed by atoms with E-state index in [1.807, 2.05) is 28.7 Å². The molecule has 0 amide bonds. The fourth-order valence-electron chi connectivity index (χ4n) is 1.50. The number of aromatic nitrogens is 1. The van der Waals surface area contributed by atoms with E-state index in [-0.39, 0.29) is 17.3 Å². The van der Waals surface area contributed by atoms with Crippen LogP contribution in [0, 0.1) is 14.9 Å². The van der Waals surface area contributed by atoms with Crippen LogP contribution < -0.4 is 10.5 Å². The van der Waals surface area contributed by atoms with Crippen LogP contribution in [0.15, 0.2) is 30.5 Å². The number of nitrogens with two attached hydrogens (primary N) is 1. The van der Waals surface area contributed by atoms with Gasteiger partial charge in [0, 0.05) is 12.3 Å².